The predicted molar refractivity (Wildman–Crippen MR) is 51.1 cm³/mol. The normalized spacial score (nSPS) is 20.2. The van der Waals surface area contributed by atoms with Crippen molar-refractivity contribution in [2.24, 2.45) is 0 Å². The lowest BCUT2D eigenvalue weighted by Crippen LogP contribution is -2.32. The van der Waals surface area contributed by atoms with E-state index >= 15 is 0 Å². The van der Waals surface area contributed by atoms with Crippen molar-refractivity contribution in [2.75, 3.05) is 6.54 Å². The maximum absolute atomic E-state index is 10.9. The van der Waals surface area contributed by atoms with E-state index in [1.807, 2.05) is 13.0 Å². The van der Waals surface area contributed by atoms with Crippen molar-refractivity contribution in [1.82, 2.24) is 10.3 Å². The van der Waals surface area contributed by atoms with Gasteiger partial charge in [0.1, 0.15) is 0 Å². The van der Waals surface area contributed by atoms with Crippen LogP contribution in [-0.2, 0) is 11.3 Å². The van der Waals surface area contributed by atoms with Crippen molar-refractivity contribution in [3.05, 3.63) is 29.1 Å². The Kier molecular flexibility index (Phi) is 2.21. The van der Waals surface area contributed by atoms with E-state index < -0.39 is 11.9 Å². The number of carboxylic acids is 1. The van der Waals surface area contributed by atoms with Crippen molar-refractivity contribution in [3.8, 4) is 0 Å². The molecule has 4 nitrogen and oxygen atoms in total. The average Bonchev–Trinajstić information content (AvgIpc) is 2.16. The first kappa shape index (κ1) is 9.15. The van der Waals surface area contributed by atoms with Crippen molar-refractivity contribution < 1.29 is 9.90 Å². The fourth-order valence-corrected chi connectivity index (χ4v) is 1.78. The van der Waals surface area contributed by atoms with Gasteiger partial charge in [-0.3, -0.25) is 9.78 Å². The van der Waals surface area contributed by atoms with E-state index in [1.54, 1.807) is 6.20 Å². The molecule has 0 saturated carbocycles. The monoisotopic (exact) mass is 192 g/mol. The molecule has 1 aliphatic heterocycles. The molecule has 2 rings (SSSR count). The molecule has 0 aliphatic carbocycles. The van der Waals surface area contributed by atoms with Gasteiger partial charge >= 0.3 is 5.97 Å². The highest BCUT2D eigenvalue weighted by Crippen LogP contribution is 2.23. The minimum atomic E-state index is -0.788. The van der Waals surface area contributed by atoms with Gasteiger partial charge < -0.3 is 10.4 Å². The maximum Gasteiger partial charge on any atom is 0.312 e. The second-order valence-corrected chi connectivity index (χ2v) is 3.55. The lowest BCUT2D eigenvalue weighted by Gasteiger charge is -2.22. The van der Waals surface area contributed by atoms with Gasteiger partial charge in [0.05, 0.1) is 5.92 Å². The van der Waals surface area contributed by atoms with Gasteiger partial charge in [-0.2, -0.15) is 0 Å². The number of hydrogen-bond acceptors (Lipinski definition) is 3. The van der Waals surface area contributed by atoms with Gasteiger partial charge in [0.15, 0.2) is 0 Å². The molecule has 0 radical (unpaired) electrons. The summed E-state index contributed by atoms with van der Waals surface area (Å²) in [5.41, 5.74) is 2.83. The molecule has 0 saturated heterocycles. The van der Waals surface area contributed by atoms with Gasteiger partial charge in [-0.1, -0.05) is 0 Å². The van der Waals surface area contributed by atoms with Crippen molar-refractivity contribution in [3.63, 3.8) is 0 Å². The number of hydrogen-bond donors (Lipinski definition) is 2. The molecule has 14 heavy (non-hydrogen) atoms. The third-order valence-corrected chi connectivity index (χ3v) is 2.50. The smallest absolute Gasteiger partial charge is 0.312 e. The SMILES string of the molecule is Cc1cc2c(cn1)C(C(=O)O)CNC2. The van der Waals surface area contributed by atoms with Crippen LogP contribution in [0.2, 0.25) is 0 Å². The molecule has 1 aromatic rings. The Morgan fingerprint density at radius 2 is 2.50 bits per heavy atom. The summed E-state index contributed by atoms with van der Waals surface area (Å²) in [5.74, 6) is -1.24. The van der Waals surface area contributed by atoms with Crippen LogP contribution in [0, 0.1) is 6.92 Å². The molecule has 1 aromatic heterocycles. The minimum Gasteiger partial charge on any atom is -0.481 e. The quantitative estimate of drug-likeness (QED) is 0.686. The molecular formula is C10H12N2O2. The summed E-state index contributed by atoms with van der Waals surface area (Å²) >= 11 is 0. The number of fused-ring (bicyclic) bond motifs is 1. The first-order valence-electron chi connectivity index (χ1n) is 4.57. The predicted octanol–water partition coefficient (Wildman–Crippen LogP) is 0.661. The molecular weight excluding hydrogens is 180 g/mol. The van der Waals surface area contributed by atoms with Crippen molar-refractivity contribution >= 4 is 5.97 Å². The fraction of sp³-hybridized carbons (Fsp3) is 0.400. The Morgan fingerprint density at radius 1 is 1.71 bits per heavy atom. The van der Waals surface area contributed by atoms with Crippen molar-refractivity contribution in [2.45, 2.75) is 19.4 Å². The van der Waals surface area contributed by atoms with Crippen LogP contribution in [0.3, 0.4) is 0 Å². The summed E-state index contributed by atoms with van der Waals surface area (Å²) in [6.45, 7) is 3.14. The number of nitrogens with zero attached hydrogens (tertiary/aromatic N) is 1. The summed E-state index contributed by atoms with van der Waals surface area (Å²) in [5, 5.41) is 12.1. The van der Waals surface area contributed by atoms with E-state index in [0.717, 1.165) is 23.4 Å². The Bertz CT molecular complexity index is 376. The zero-order chi connectivity index (χ0) is 10.1. The van der Waals surface area contributed by atoms with E-state index in [0.29, 0.717) is 6.54 Å². The molecule has 1 atom stereocenters. The van der Waals surface area contributed by atoms with E-state index in [2.05, 4.69) is 10.3 Å². The molecule has 1 unspecified atom stereocenters. The van der Waals surface area contributed by atoms with Crippen LogP contribution in [0.15, 0.2) is 12.3 Å². The van der Waals surface area contributed by atoms with E-state index in [-0.39, 0.29) is 0 Å². The fourth-order valence-electron chi connectivity index (χ4n) is 1.78. The number of aliphatic carboxylic acids is 1. The van der Waals surface area contributed by atoms with Gasteiger partial charge in [0.25, 0.3) is 0 Å². The molecule has 0 bridgehead atoms. The Hall–Kier alpha value is -1.42. The highest BCUT2D eigenvalue weighted by atomic mass is 16.4. The van der Waals surface area contributed by atoms with Crippen LogP contribution in [0.5, 0.6) is 0 Å². The molecule has 0 aromatic carbocycles. The zero-order valence-corrected chi connectivity index (χ0v) is 7.95. The second kappa shape index (κ2) is 3.38. The highest BCUT2D eigenvalue weighted by Gasteiger charge is 2.26. The Balaban J connectivity index is 2.44. The van der Waals surface area contributed by atoms with Gasteiger partial charge in [-0.25, -0.2) is 0 Å². The maximum atomic E-state index is 10.9. The zero-order valence-electron chi connectivity index (χ0n) is 7.95. The standard InChI is InChI=1S/C10H12N2O2/c1-6-2-7-3-11-4-9(10(13)14)8(7)5-12-6/h2,5,9,11H,3-4H2,1H3,(H,13,14). The summed E-state index contributed by atoms with van der Waals surface area (Å²) in [6.07, 6.45) is 1.68. The Morgan fingerprint density at radius 3 is 3.21 bits per heavy atom. The van der Waals surface area contributed by atoms with Crippen LogP contribution in [-0.4, -0.2) is 22.6 Å². The van der Waals surface area contributed by atoms with Crippen molar-refractivity contribution in [1.29, 1.82) is 0 Å². The summed E-state index contributed by atoms with van der Waals surface area (Å²) in [7, 11) is 0. The lowest BCUT2D eigenvalue weighted by molar-refractivity contribution is -0.138. The largest absolute Gasteiger partial charge is 0.481 e. The van der Waals surface area contributed by atoms with Crippen LogP contribution < -0.4 is 5.32 Å². The topological polar surface area (TPSA) is 62.2 Å². The van der Waals surface area contributed by atoms with Crippen LogP contribution in [0.25, 0.3) is 0 Å². The third-order valence-electron chi connectivity index (χ3n) is 2.50. The molecule has 4 heteroatoms. The average molecular weight is 192 g/mol. The molecule has 0 spiro atoms. The minimum absolute atomic E-state index is 0.452. The number of aryl methyl sites for hydroxylation is 1. The molecule has 74 valence electrons. The third kappa shape index (κ3) is 1.48. The lowest BCUT2D eigenvalue weighted by atomic mass is 9.92. The number of carbonyl (C=O) groups is 1. The molecule has 0 amide bonds. The number of nitrogens with one attached hydrogen (secondary N) is 1. The van der Waals surface area contributed by atoms with Gasteiger partial charge in [-0.15, -0.1) is 0 Å². The molecule has 2 heterocycles. The van der Waals surface area contributed by atoms with Gasteiger partial charge in [-0.05, 0) is 24.1 Å². The summed E-state index contributed by atoms with van der Waals surface area (Å²) in [6, 6.07) is 1.94. The number of aromatic nitrogens is 1. The highest BCUT2D eigenvalue weighted by molar-refractivity contribution is 5.77. The summed E-state index contributed by atoms with van der Waals surface area (Å²) in [4.78, 5) is 15.1. The molecule has 1 aliphatic rings. The number of carboxylic acid groups (broad SMARTS) is 1. The van der Waals surface area contributed by atoms with E-state index in [1.165, 1.54) is 0 Å². The van der Waals surface area contributed by atoms with E-state index in [9.17, 15) is 4.79 Å². The Labute approximate surface area is 82.0 Å². The molecule has 0 fully saturated rings. The van der Waals surface area contributed by atoms with Crippen LogP contribution in [0.1, 0.15) is 22.7 Å². The number of pyridine rings is 1. The van der Waals surface area contributed by atoms with Gasteiger partial charge in [0, 0.05) is 25.0 Å². The van der Waals surface area contributed by atoms with Gasteiger partial charge in [0.2, 0.25) is 0 Å². The van der Waals surface area contributed by atoms with Crippen LogP contribution >= 0.6 is 0 Å². The molecule has 2 N–H and O–H groups in total. The number of rotatable bonds is 1. The van der Waals surface area contributed by atoms with E-state index in [4.69, 9.17) is 5.11 Å². The van der Waals surface area contributed by atoms with Crippen LogP contribution in [0.4, 0.5) is 0 Å². The second-order valence-electron chi connectivity index (χ2n) is 3.55. The summed E-state index contributed by atoms with van der Waals surface area (Å²) < 4.78 is 0. The first-order chi connectivity index (χ1) is 6.68. The first-order valence-corrected chi connectivity index (χ1v) is 4.57.